The lowest BCUT2D eigenvalue weighted by molar-refractivity contribution is 0.0697. The van der Waals surface area contributed by atoms with Crippen molar-refractivity contribution in [2.45, 2.75) is 0 Å². The summed E-state index contributed by atoms with van der Waals surface area (Å²) in [5.74, 6) is 1.76. The third-order valence-electron chi connectivity index (χ3n) is 4.49. The summed E-state index contributed by atoms with van der Waals surface area (Å²) in [7, 11) is 0. The normalized spacial score (nSPS) is 10.4. The molecule has 0 saturated carbocycles. The van der Waals surface area contributed by atoms with Gasteiger partial charge in [-0.3, -0.25) is 0 Å². The summed E-state index contributed by atoms with van der Waals surface area (Å²) in [6.07, 6.45) is 0. The maximum atomic E-state index is 10.9. The first-order valence-corrected chi connectivity index (χ1v) is 9.32. The summed E-state index contributed by atoms with van der Waals surface area (Å²) in [5, 5.41) is 8.95. The maximum Gasteiger partial charge on any atom is 0.335 e. The van der Waals surface area contributed by atoms with Gasteiger partial charge in [0, 0.05) is 5.69 Å². The van der Waals surface area contributed by atoms with Crippen LogP contribution in [0.15, 0.2) is 97.1 Å². The molecule has 5 heteroatoms. The van der Waals surface area contributed by atoms with E-state index < -0.39 is 5.97 Å². The van der Waals surface area contributed by atoms with E-state index in [0.717, 1.165) is 22.6 Å². The van der Waals surface area contributed by atoms with Crippen LogP contribution in [0.25, 0.3) is 11.1 Å². The molecule has 0 fully saturated rings. The molecule has 4 aromatic rings. The lowest BCUT2D eigenvalue weighted by atomic mass is 10.1. The Labute approximate surface area is 173 Å². The van der Waals surface area contributed by atoms with Crippen LogP contribution < -0.4 is 15.2 Å². The van der Waals surface area contributed by atoms with Crippen LogP contribution in [0.5, 0.6) is 23.0 Å². The van der Waals surface area contributed by atoms with Gasteiger partial charge in [0.15, 0.2) is 0 Å². The van der Waals surface area contributed by atoms with Crippen molar-refractivity contribution in [1.29, 1.82) is 0 Å². The zero-order valence-electron chi connectivity index (χ0n) is 16.0. The maximum absolute atomic E-state index is 10.9. The van der Waals surface area contributed by atoms with E-state index in [1.165, 1.54) is 12.1 Å². The second-order valence-electron chi connectivity index (χ2n) is 6.65. The summed E-state index contributed by atoms with van der Waals surface area (Å²) in [6.45, 7) is 0. The number of carboxylic acids is 1. The van der Waals surface area contributed by atoms with Gasteiger partial charge in [0.1, 0.15) is 23.0 Å². The summed E-state index contributed by atoms with van der Waals surface area (Å²) in [5.41, 5.74) is 8.71. The zero-order valence-corrected chi connectivity index (χ0v) is 16.0. The van der Waals surface area contributed by atoms with Gasteiger partial charge in [0.25, 0.3) is 0 Å². The fraction of sp³-hybridized carbons (Fsp3) is 0. The van der Waals surface area contributed by atoms with E-state index in [-0.39, 0.29) is 5.56 Å². The van der Waals surface area contributed by atoms with Gasteiger partial charge in [-0.05, 0) is 83.9 Å². The standard InChI is InChI=1S/C25H19NO4/c26-20-7-15-24(16-8-20)30-22-11-3-18(4-12-22)17-1-9-21(10-2-17)29-23-13-5-19(6-14-23)25(27)28/h1-16H,26H2,(H,27,28). The number of hydrogen-bond donors (Lipinski definition) is 2. The smallest absolute Gasteiger partial charge is 0.335 e. The van der Waals surface area contributed by atoms with Crippen molar-refractivity contribution in [3.05, 3.63) is 103 Å². The fourth-order valence-electron chi connectivity index (χ4n) is 2.90. The van der Waals surface area contributed by atoms with Crippen LogP contribution in [0.3, 0.4) is 0 Å². The molecular formula is C25H19NO4. The predicted octanol–water partition coefficient (Wildman–Crippen LogP) is 6.22. The summed E-state index contributed by atoms with van der Waals surface area (Å²) in [6, 6.07) is 29.1. The molecule has 3 N–H and O–H groups in total. The van der Waals surface area contributed by atoms with Crippen molar-refractivity contribution < 1.29 is 19.4 Å². The Morgan fingerprint density at radius 2 is 0.900 bits per heavy atom. The highest BCUT2D eigenvalue weighted by Gasteiger charge is 2.04. The van der Waals surface area contributed by atoms with Crippen molar-refractivity contribution >= 4 is 11.7 Å². The van der Waals surface area contributed by atoms with Crippen LogP contribution in [0.2, 0.25) is 0 Å². The third-order valence-corrected chi connectivity index (χ3v) is 4.49. The number of rotatable bonds is 6. The molecule has 0 amide bonds. The quantitative estimate of drug-likeness (QED) is 0.378. The molecule has 0 spiro atoms. The van der Waals surface area contributed by atoms with Crippen LogP contribution in [0.1, 0.15) is 10.4 Å². The monoisotopic (exact) mass is 397 g/mol. The molecular weight excluding hydrogens is 378 g/mol. The van der Waals surface area contributed by atoms with E-state index in [4.69, 9.17) is 20.3 Å². The number of ether oxygens (including phenoxy) is 2. The highest BCUT2D eigenvalue weighted by atomic mass is 16.5. The molecule has 0 aromatic heterocycles. The van der Waals surface area contributed by atoms with Gasteiger partial charge < -0.3 is 20.3 Å². The second kappa shape index (κ2) is 8.41. The second-order valence-corrected chi connectivity index (χ2v) is 6.65. The van der Waals surface area contributed by atoms with Crippen molar-refractivity contribution in [2.24, 2.45) is 0 Å². The van der Waals surface area contributed by atoms with Gasteiger partial charge in [0.05, 0.1) is 5.56 Å². The van der Waals surface area contributed by atoms with Crippen LogP contribution >= 0.6 is 0 Å². The van der Waals surface area contributed by atoms with Crippen molar-refractivity contribution in [3.63, 3.8) is 0 Å². The van der Waals surface area contributed by atoms with Crippen molar-refractivity contribution in [3.8, 4) is 34.1 Å². The Morgan fingerprint density at radius 3 is 1.27 bits per heavy atom. The van der Waals surface area contributed by atoms with Gasteiger partial charge in [0.2, 0.25) is 0 Å². The third kappa shape index (κ3) is 4.59. The number of nitrogen functional groups attached to an aromatic ring is 1. The lowest BCUT2D eigenvalue weighted by Crippen LogP contribution is -1.95. The molecule has 148 valence electrons. The topological polar surface area (TPSA) is 81.8 Å². The minimum absolute atomic E-state index is 0.224. The van der Waals surface area contributed by atoms with Crippen molar-refractivity contribution in [1.82, 2.24) is 0 Å². The SMILES string of the molecule is Nc1ccc(Oc2ccc(-c3ccc(Oc4ccc(C(=O)O)cc4)cc3)cc2)cc1. The highest BCUT2D eigenvalue weighted by Crippen LogP contribution is 2.29. The molecule has 0 atom stereocenters. The van der Waals surface area contributed by atoms with Crippen LogP contribution in [0.4, 0.5) is 5.69 Å². The van der Waals surface area contributed by atoms with E-state index in [1.807, 2.05) is 60.7 Å². The number of carbonyl (C=O) groups is 1. The minimum Gasteiger partial charge on any atom is -0.478 e. The number of aromatic carboxylic acids is 1. The van der Waals surface area contributed by atoms with Crippen LogP contribution in [-0.2, 0) is 0 Å². The summed E-state index contributed by atoms with van der Waals surface area (Å²) < 4.78 is 11.6. The highest BCUT2D eigenvalue weighted by molar-refractivity contribution is 5.87. The molecule has 0 saturated heterocycles. The molecule has 4 aromatic carbocycles. The predicted molar refractivity (Wildman–Crippen MR) is 116 cm³/mol. The Hall–Kier alpha value is -4.25. The first-order chi connectivity index (χ1) is 14.6. The van der Waals surface area contributed by atoms with Gasteiger partial charge >= 0.3 is 5.97 Å². The zero-order chi connectivity index (χ0) is 20.9. The van der Waals surface area contributed by atoms with Crippen LogP contribution in [-0.4, -0.2) is 11.1 Å². The molecule has 0 aliphatic carbocycles. The molecule has 0 bridgehead atoms. The van der Waals surface area contributed by atoms with Gasteiger partial charge in [-0.25, -0.2) is 4.79 Å². The van der Waals surface area contributed by atoms with E-state index >= 15 is 0 Å². The average Bonchev–Trinajstić information content (AvgIpc) is 2.77. The number of nitrogens with two attached hydrogens (primary N) is 1. The number of anilines is 1. The van der Waals surface area contributed by atoms with E-state index in [9.17, 15) is 4.79 Å². The lowest BCUT2D eigenvalue weighted by Gasteiger charge is -2.09. The molecule has 0 unspecified atom stereocenters. The number of benzene rings is 4. The summed E-state index contributed by atoms with van der Waals surface area (Å²) >= 11 is 0. The van der Waals surface area contributed by atoms with E-state index in [2.05, 4.69) is 0 Å². The molecule has 0 radical (unpaired) electrons. The Kier molecular flexibility index (Phi) is 5.35. The molecule has 30 heavy (non-hydrogen) atoms. The summed E-state index contributed by atoms with van der Waals surface area (Å²) in [4.78, 5) is 10.9. The van der Waals surface area contributed by atoms with Crippen molar-refractivity contribution in [2.75, 3.05) is 5.73 Å². The van der Waals surface area contributed by atoms with E-state index in [1.54, 1.807) is 24.3 Å². The molecule has 5 nitrogen and oxygen atoms in total. The first kappa shape index (κ1) is 19.1. The molecule has 4 rings (SSSR count). The Balaban J connectivity index is 1.42. The largest absolute Gasteiger partial charge is 0.478 e. The first-order valence-electron chi connectivity index (χ1n) is 9.32. The molecule has 0 aliphatic rings. The van der Waals surface area contributed by atoms with Crippen LogP contribution in [0, 0.1) is 0 Å². The van der Waals surface area contributed by atoms with Gasteiger partial charge in [-0.15, -0.1) is 0 Å². The Morgan fingerprint density at radius 1 is 0.567 bits per heavy atom. The average molecular weight is 397 g/mol. The molecule has 0 heterocycles. The number of carboxylic acid groups (broad SMARTS) is 1. The van der Waals surface area contributed by atoms with Gasteiger partial charge in [-0.1, -0.05) is 24.3 Å². The number of hydrogen-bond acceptors (Lipinski definition) is 4. The fourth-order valence-corrected chi connectivity index (χ4v) is 2.90. The molecule has 0 aliphatic heterocycles. The minimum atomic E-state index is -0.962. The Bertz CT molecular complexity index is 1130. The van der Waals surface area contributed by atoms with Gasteiger partial charge in [-0.2, -0.15) is 0 Å². The van der Waals surface area contributed by atoms with E-state index in [0.29, 0.717) is 17.2 Å².